The Morgan fingerprint density at radius 3 is 2.00 bits per heavy atom. The molecule has 0 radical (unpaired) electrons. The Hall–Kier alpha value is -0.0400. The van der Waals surface area contributed by atoms with E-state index in [1.165, 1.54) is 32.1 Å². The van der Waals surface area contributed by atoms with Gasteiger partial charge in [0.25, 0.3) is 0 Å². The van der Waals surface area contributed by atoms with Crippen molar-refractivity contribution >= 4 is 0 Å². The van der Waals surface area contributed by atoms with Crippen LogP contribution in [-0.2, 0) is 0 Å². The Balaban J connectivity index is 0.000000671. The molecule has 0 aromatic rings. The molecule has 1 rings (SSSR count). The van der Waals surface area contributed by atoms with E-state index in [0.29, 0.717) is 5.54 Å². The molecule has 1 aliphatic carbocycles. The summed E-state index contributed by atoms with van der Waals surface area (Å²) in [7, 11) is 2.09. The van der Waals surface area contributed by atoms with Crippen molar-refractivity contribution in [2.45, 2.75) is 65.3 Å². The average Bonchev–Trinajstić information content (AvgIpc) is 2.22. The average molecular weight is 185 g/mol. The maximum atomic E-state index is 3.42. The highest BCUT2D eigenvalue weighted by atomic mass is 14.9. The van der Waals surface area contributed by atoms with Crippen molar-refractivity contribution in [2.75, 3.05) is 7.05 Å². The van der Waals surface area contributed by atoms with Crippen molar-refractivity contribution in [3.63, 3.8) is 0 Å². The summed E-state index contributed by atoms with van der Waals surface area (Å²) in [4.78, 5) is 0. The summed E-state index contributed by atoms with van der Waals surface area (Å²) < 4.78 is 0. The quantitative estimate of drug-likeness (QED) is 0.693. The van der Waals surface area contributed by atoms with Gasteiger partial charge in [-0.1, -0.05) is 27.2 Å². The van der Waals surface area contributed by atoms with Gasteiger partial charge in [-0.15, -0.1) is 0 Å². The van der Waals surface area contributed by atoms with Crippen LogP contribution in [0.2, 0.25) is 0 Å². The highest BCUT2D eigenvalue weighted by Gasteiger charge is 2.28. The van der Waals surface area contributed by atoms with Gasteiger partial charge in [0.2, 0.25) is 0 Å². The Labute approximate surface area is 84.3 Å². The largest absolute Gasteiger partial charge is 0.315 e. The summed E-state index contributed by atoms with van der Waals surface area (Å²) >= 11 is 0. The summed E-state index contributed by atoms with van der Waals surface area (Å²) in [5.74, 6) is 1.01. The molecule has 0 saturated heterocycles. The number of hydrogen-bond acceptors (Lipinski definition) is 1. The normalized spacial score (nSPS) is 33.5. The fourth-order valence-corrected chi connectivity index (χ4v) is 1.97. The SMILES string of the molecule is CC.CCC1CCC(C)(NC)CC1. The maximum absolute atomic E-state index is 3.42. The van der Waals surface area contributed by atoms with Crippen LogP contribution in [0.4, 0.5) is 0 Å². The molecule has 1 heteroatoms. The van der Waals surface area contributed by atoms with E-state index in [4.69, 9.17) is 0 Å². The van der Waals surface area contributed by atoms with E-state index in [1.807, 2.05) is 13.8 Å². The second kappa shape index (κ2) is 6.42. The number of hydrogen-bond donors (Lipinski definition) is 1. The fourth-order valence-electron chi connectivity index (χ4n) is 1.97. The fraction of sp³-hybridized carbons (Fsp3) is 1.00. The minimum absolute atomic E-state index is 0.450. The van der Waals surface area contributed by atoms with Crippen LogP contribution in [0.25, 0.3) is 0 Å². The number of nitrogens with one attached hydrogen (secondary N) is 1. The minimum atomic E-state index is 0.450. The smallest absolute Gasteiger partial charge is 0.0150 e. The van der Waals surface area contributed by atoms with Crippen molar-refractivity contribution in [3.8, 4) is 0 Å². The molecule has 0 atom stereocenters. The van der Waals surface area contributed by atoms with E-state index in [-0.39, 0.29) is 0 Å². The van der Waals surface area contributed by atoms with Crippen LogP contribution in [0.5, 0.6) is 0 Å². The van der Waals surface area contributed by atoms with Gasteiger partial charge in [-0.3, -0.25) is 0 Å². The molecule has 0 unspecified atom stereocenters. The van der Waals surface area contributed by atoms with Crippen LogP contribution < -0.4 is 5.32 Å². The molecule has 0 aromatic heterocycles. The third-order valence-corrected chi connectivity index (χ3v) is 3.39. The van der Waals surface area contributed by atoms with E-state index in [9.17, 15) is 0 Å². The Kier molecular flexibility index (Phi) is 6.40. The van der Waals surface area contributed by atoms with E-state index in [2.05, 4.69) is 26.2 Å². The molecular formula is C12H27N. The van der Waals surface area contributed by atoms with Gasteiger partial charge in [0.05, 0.1) is 0 Å². The molecule has 0 heterocycles. The molecule has 13 heavy (non-hydrogen) atoms. The van der Waals surface area contributed by atoms with Crippen LogP contribution in [0.1, 0.15) is 59.8 Å². The monoisotopic (exact) mass is 185 g/mol. The summed E-state index contributed by atoms with van der Waals surface area (Å²) in [5.41, 5.74) is 0.450. The standard InChI is InChI=1S/C10H21N.C2H6/c1-4-9-5-7-10(2,11-3)8-6-9;1-2/h9,11H,4-8H2,1-3H3;1-2H3. The van der Waals surface area contributed by atoms with Crippen LogP contribution in [0.15, 0.2) is 0 Å². The molecule has 1 fully saturated rings. The van der Waals surface area contributed by atoms with E-state index < -0.39 is 0 Å². The Bertz CT molecular complexity index is 112. The van der Waals surface area contributed by atoms with Gasteiger partial charge in [-0.05, 0) is 45.6 Å². The predicted octanol–water partition coefficient (Wildman–Crippen LogP) is 3.59. The zero-order valence-corrected chi connectivity index (χ0v) is 10.1. The third-order valence-electron chi connectivity index (χ3n) is 3.39. The van der Waals surface area contributed by atoms with Gasteiger partial charge in [0.15, 0.2) is 0 Å². The van der Waals surface area contributed by atoms with E-state index in [0.717, 1.165) is 5.92 Å². The molecule has 0 amide bonds. The van der Waals surface area contributed by atoms with Crippen LogP contribution >= 0.6 is 0 Å². The van der Waals surface area contributed by atoms with Gasteiger partial charge >= 0.3 is 0 Å². The van der Waals surface area contributed by atoms with E-state index >= 15 is 0 Å². The molecule has 1 N–H and O–H groups in total. The predicted molar refractivity (Wildman–Crippen MR) is 61.1 cm³/mol. The molecule has 0 spiro atoms. The van der Waals surface area contributed by atoms with E-state index in [1.54, 1.807) is 0 Å². The van der Waals surface area contributed by atoms with Gasteiger partial charge in [0.1, 0.15) is 0 Å². The van der Waals surface area contributed by atoms with Crippen molar-refractivity contribution in [3.05, 3.63) is 0 Å². The molecule has 0 aliphatic heterocycles. The van der Waals surface area contributed by atoms with Gasteiger partial charge in [0, 0.05) is 5.54 Å². The van der Waals surface area contributed by atoms with Crippen LogP contribution in [0.3, 0.4) is 0 Å². The van der Waals surface area contributed by atoms with Crippen molar-refractivity contribution in [1.29, 1.82) is 0 Å². The second-order valence-corrected chi connectivity index (χ2v) is 4.16. The molecule has 1 aliphatic rings. The summed E-state index contributed by atoms with van der Waals surface area (Å²) in [6.45, 7) is 8.66. The lowest BCUT2D eigenvalue weighted by Crippen LogP contribution is -2.42. The first-order valence-corrected chi connectivity index (χ1v) is 5.89. The third kappa shape index (κ3) is 4.12. The zero-order valence-electron chi connectivity index (χ0n) is 10.1. The highest BCUT2D eigenvalue weighted by Crippen LogP contribution is 2.32. The minimum Gasteiger partial charge on any atom is -0.315 e. The second-order valence-electron chi connectivity index (χ2n) is 4.16. The Morgan fingerprint density at radius 1 is 1.23 bits per heavy atom. The first kappa shape index (κ1) is 13.0. The summed E-state index contributed by atoms with van der Waals surface area (Å²) in [5, 5.41) is 3.42. The lowest BCUT2D eigenvalue weighted by atomic mass is 9.77. The van der Waals surface area contributed by atoms with Crippen molar-refractivity contribution < 1.29 is 0 Å². The lowest BCUT2D eigenvalue weighted by Gasteiger charge is -2.36. The molecule has 1 saturated carbocycles. The molecule has 80 valence electrons. The molecule has 0 bridgehead atoms. The number of rotatable bonds is 2. The van der Waals surface area contributed by atoms with Gasteiger partial charge in [-0.2, -0.15) is 0 Å². The maximum Gasteiger partial charge on any atom is 0.0150 e. The Morgan fingerprint density at radius 2 is 1.69 bits per heavy atom. The highest BCUT2D eigenvalue weighted by molar-refractivity contribution is 4.87. The molecule has 0 aromatic carbocycles. The van der Waals surface area contributed by atoms with Crippen LogP contribution in [-0.4, -0.2) is 12.6 Å². The lowest BCUT2D eigenvalue weighted by molar-refractivity contribution is 0.213. The molecular weight excluding hydrogens is 158 g/mol. The molecule has 1 nitrogen and oxygen atoms in total. The zero-order chi connectivity index (χ0) is 10.3. The van der Waals surface area contributed by atoms with Crippen molar-refractivity contribution in [2.24, 2.45) is 5.92 Å². The topological polar surface area (TPSA) is 12.0 Å². The first-order valence-electron chi connectivity index (χ1n) is 5.89. The van der Waals surface area contributed by atoms with Crippen molar-refractivity contribution in [1.82, 2.24) is 5.32 Å². The van der Waals surface area contributed by atoms with Crippen LogP contribution in [0, 0.1) is 5.92 Å². The van der Waals surface area contributed by atoms with Gasteiger partial charge in [-0.25, -0.2) is 0 Å². The first-order chi connectivity index (χ1) is 6.20. The van der Waals surface area contributed by atoms with Gasteiger partial charge < -0.3 is 5.32 Å². The summed E-state index contributed by atoms with van der Waals surface area (Å²) in [6, 6.07) is 0. The summed E-state index contributed by atoms with van der Waals surface area (Å²) in [6.07, 6.45) is 6.95.